The molecular weight excluding hydrogens is 456 g/mol. The van der Waals surface area contributed by atoms with Crippen molar-refractivity contribution in [2.24, 2.45) is 5.92 Å². The van der Waals surface area contributed by atoms with Gasteiger partial charge in [0.25, 0.3) is 5.91 Å². The Morgan fingerprint density at radius 2 is 2.03 bits per heavy atom. The van der Waals surface area contributed by atoms with Crippen molar-refractivity contribution in [1.29, 1.82) is 5.26 Å². The van der Waals surface area contributed by atoms with Crippen LogP contribution >= 0.6 is 0 Å². The van der Waals surface area contributed by atoms with Crippen LogP contribution in [-0.4, -0.2) is 61.1 Å². The smallest absolute Gasteiger partial charge is 0.287 e. The Kier molecular flexibility index (Phi) is 8.78. The number of nitriles is 1. The number of aromatic nitrogens is 2. The number of fused-ring (bicyclic) bond motifs is 2. The van der Waals surface area contributed by atoms with Crippen LogP contribution in [0.5, 0.6) is 0 Å². The average Bonchev–Trinajstić information content (AvgIpc) is 3.47. The molecule has 8 heteroatoms. The summed E-state index contributed by atoms with van der Waals surface area (Å²) >= 11 is 0. The van der Waals surface area contributed by atoms with Crippen molar-refractivity contribution in [3.8, 4) is 6.07 Å². The molecular formula is C28H38N4O4. The zero-order valence-electron chi connectivity index (χ0n) is 21.5. The first kappa shape index (κ1) is 26.3. The summed E-state index contributed by atoms with van der Waals surface area (Å²) in [4.78, 5) is 19.1. The van der Waals surface area contributed by atoms with Crippen molar-refractivity contribution in [1.82, 2.24) is 15.3 Å². The number of carbonyl (C=O) groups excluding carboxylic acids is 1. The van der Waals surface area contributed by atoms with Crippen LogP contribution in [0.25, 0.3) is 0 Å². The number of methoxy groups -OCH3 is 2. The van der Waals surface area contributed by atoms with Crippen molar-refractivity contribution in [2.45, 2.75) is 69.0 Å². The first-order valence-corrected chi connectivity index (χ1v) is 13.0. The predicted octanol–water partition coefficient (Wildman–Crippen LogP) is 4.38. The summed E-state index contributed by atoms with van der Waals surface area (Å²) in [5.41, 5.74) is 2.44. The third-order valence-corrected chi connectivity index (χ3v) is 7.58. The van der Waals surface area contributed by atoms with Gasteiger partial charge in [-0.15, -0.1) is 0 Å². The second kappa shape index (κ2) is 12.0. The van der Waals surface area contributed by atoms with Gasteiger partial charge in [0.1, 0.15) is 6.07 Å². The van der Waals surface area contributed by atoms with E-state index in [1.807, 2.05) is 12.1 Å². The van der Waals surface area contributed by atoms with Crippen LogP contribution in [0, 0.1) is 17.2 Å². The maximum Gasteiger partial charge on any atom is 0.287 e. The number of imidazole rings is 1. The van der Waals surface area contributed by atoms with E-state index in [0.717, 1.165) is 32.1 Å². The number of ether oxygens (including phenoxy) is 3. The van der Waals surface area contributed by atoms with Gasteiger partial charge >= 0.3 is 0 Å². The van der Waals surface area contributed by atoms with E-state index < -0.39 is 0 Å². The zero-order chi connectivity index (χ0) is 25.4. The van der Waals surface area contributed by atoms with Crippen molar-refractivity contribution in [3.63, 3.8) is 0 Å². The molecule has 2 bridgehead atoms. The van der Waals surface area contributed by atoms with Crippen molar-refractivity contribution >= 4 is 5.91 Å². The second-order valence-corrected chi connectivity index (χ2v) is 10.3. The Labute approximate surface area is 213 Å². The van der Waals surface area contributed by atoms with Crippen LogP contribution in [0.1, 0.15) is 74.1 Å². The van der Waals surface area contributed by atoms with Crippen LogP contribution in [0.4, 0.5) is 0 Å². The molecule has 1 aliphatic carbocycles. The van der Waals surface area contributed by atoms with Gasteiger partial charge in [0.2, 0.25) is 0 Å². The van der Waals surface area contributed by atoms with Crippen LogP contribution in [0.3, 0.4) is 0 Å². The molecule has 194 valence electrons. The number of rotatable bonds is 11. The number of aromatic amines is 1. The molecule has 3 aliphatic rings. The lowest BCUT2D eigenvalue weighted by Crippen LogP contribution is -2.48. The van der Waals surface area contributed by atoms with E-state index in [9.17, 15) is 4.79 Å². The van der Waals surface area contributed by atoms with Gasteiger partial charge in [0.05, 0.1) is 24.4 Å². The van der Waals surface area contributed by atoms with E-state index in [1.165, 1.54) is 43.0 Å². The van der Waals surface area contributed by atoms with Crippen LogP contribution in [-0.2, 0) is 14.2 Å². The maximum atomic E-state index is 12.4. The van der Waals surface area contributed by atoms with Gasteiger partial charge < -0.3 is 24.5 Å². The molecule has 2 N–H and O–H groups in total. The van der Waals surface area contributed by atoms with E-state index in [4.69, 9.17) is 19.5 Å². The molecule has 4 rings (SSSR count). The van der Waals surface area contributed by atoms with Gasteiger partial charge in [-0.05, 0) is 69.3 Å². The number of amides is 1. The summed E-state index contributed by atoms with van der Waals surface area (Å²) < 4.78 is 17.8. The number of hydrogen-bond acceptors (Lipinski definition) is 6. The van der Waals surface area contributed by atoms with Crippen LogP contribution < -0.4 is 5.32 Å². The fraction of sp³-hybridized carbons (Fsp3) is 0.607. The molecule has 3 heterocycles. The monoisotopic (exact) mass is 494 g/mol. The summed E-state index contributed by atoms with van der Waals surface area (Å²) in [7, 11) is 3.48. The maximum absolute atomic E-state index is 12.4. The molecule has 2 fully saturated rings. The molecule has 0 unspecified atom stereocenters. The molecule has 1 amide bonds. The SMILES string of the molecule is COC[C@@]12CC[C@@](COC)(C[C@H](C(/C=C\CNC(=O)c3nc(C#N)c[nH]3)=C/CC3=CCCCC3)C1)O2. The highest BCUT2D eigenvalue weighted by Crippen LogP contribution is 2.52. The first-order valence-electron chi connectivity index (χ1n) is 13.0. The van der Waals surface area contributed by atoms with Crippen molar-refractivity contribution in [3.05, 3.63) is 53.2 Å². The lowest BCUT2D eigenvalue weighted by molar-refractivity contribution is -0.188. The summed E-state index contributed by atoms with van der Waals surface area (Å²) in [6, 6.07) is 1.92. The van der Waals surface area contributed by atoms with E-state index in [0.29, 0.717) is 25.7 Å². The van der Waals surface area contributed by atoms with Crippen LogP contribution in [0.2, 0.25) is 0 Å². The highest BCUT2D eigenvalue weighted by Gasteiger charge is 2.55. The Morgan fingerprint density at radius 3 is 2.64 bits per heavy atom. The van der Waals surface area contributed by atoms with E-state index in [1.54, 1.807) is 14.2 Å². The molecule has 0 aromatic carbocycles. The molecule has 2 aliphatic heterocycles. The number of allylic oxidation sites excluding steroid dienone is 5. The third kappa shape index (κ3) is 6.33. The normalized spacial score (nSPS) is 28.2. The number of nitrogens with one attached hydrogen (secondary N) is 2. The Hall–Kier alpha value is -2.73. The van der Waals surface area contributed by atoms with E-state index in [2.05, 4.69) is 33.5 Å². The fourth-order valence-corrected chi connectivity index (χ4v) is 5.99. The van der Waals surface area contributed by atoms with E-state index in [-0.39, 0.29) is 28.6 Å². The quantitative estimate of drug-likeness (QED) is 0.349. The molecule has 8 nitrogen and oxygen atoms in total. The topological polar surface area (TPSA) is 109 Å². The largest absolute Gasteiger partial charge is 0.382 e. The standard InChI is InChI=1S/C28H38N4O4/c1-34-19-27-12-13-28(36-27,20-35-2)16-23(15-27)22(11-10-21-7-4-3-5-8-21)9-6-14-30-26(33)25-31-18-24(17-29)32-25/h6-7,9,11,18,23H,3-5,8,10,12-16,19-20H2,1-2H3,(H,30,33)(H,31,32)/b9-6-,22-11+/t23-,27-,28+. The fourth-order valence-electron chi connectivity index (χ4n) is 5.99. The van der Waals surface area contributed by atoms with Gasteiger partial charge in [-0.25, -0.2) is 4.98 Å². The van der Waals surface area contributed by atoms with Gasteiger partial charge in [0.15, 0.2) is 11.5 Å². The number of nitrogens with zero attached hydrogens (tertiary/aromatic N) is 2. The number of hydrogen-bond donors (Lipinski definition) is 2. The van der Waals surface area contributed by atoms with Gasteiger partial charge in [-0.1, -0.05) is 29.9 Å². The highest BCUT2D eigenvalue weighted by atomic mass is 16.6. The summed E-state index contributed by atoms with van der Waals surface area (Å²) in [5, 5.41) is 11.8. The lowest BCUT2D eigenvalue weighted by Gasteiger charge is -2.44. The third-order valence-electron chi connectivity index (χ3n) is 7.58. The van der Waals surface area contributed by atoms with Gasteiger partial charge in [-0.2, -0.15) is 5.26 Å². The molecule has 1 aromatic heterocycles. The molecule has 0 saturated carbocycles. The minimum Gasteiger partial charge on any atom is -0.382 e. The molecule has 0 spiro atoms. The Bertz CT molecular complexity index is 1030. The molecule has 2 saturated heterocycles. The van der Waals surface area contributed by atoms with Crippen molar-refractivity contribution in [2.75, 3.05) is 34.0 Å². The lowest BCUT2D eigenvalue weighted by atomic mass is 9.78. The first-order chi connectivity index (χ1) is 17.5. The number of carbonyl (C=O) groups is 1. The summed E-state index contributed by atoms with van der Waals surface area (Å²) in [6.45, 7) is 1.54. The molecule has 1 aromatic rings. The minimum absolute atomic E-state index is 0.143. The van der Waals surface area contributed by atoms with Crippen molar-refractivity contribution < 1.29 is 19.0 Å². The summed E-state index contributed by atoms with van der Waals surface area (Å²) in [5.74, 6) is 0.135. The second-order valence-electron chi connectivity index (χ2n) is 10.3. The Balaban J connectivity index is 1.49. The van der Waals surface area contributed by atoms with E-state index >= 15 is 0 Å². The minimum atomic E-state index is -0.332. The van der Waals surface area contributed by atoms with Gasteiger partial charge in [0, 0.05) is 27.0 Å². The van der Waals surface area contributed by atoms with Crippen LogP contribution in [0.15, 0.2) is 41.6 Å². The molecule has 3 atom stereocenters. The summed E-state index contributed by atoms with van der Waals surface area (Å²) in [6.07, 6.45) is 20.0. The number of H-pyrrole nitrogens is 1. The average molecular weight is 495 g/mol. The molecule has 0 radical (unpaired) electrons. The Morgan fingerprint density at radius 1 is 1.28 bits per heavy atom. The van der Waals surface area contributed by atoms with Gasteiger partial charge in [-0.3, -0.25) is 4.79 Å². The predicted molar refractivity (Wildman–Crippen MR) is 136 cm³/mol. The molecule has 36 heavy (non-hydrogen) atoms. The zero-order valence-corrected chi connectivity index (χ0v) is 21.5. The highest BCUT2D eigenvalue weighted by molar-refractivity contribution is 5.90.